The van der Waals surface area contributed by atoms with Gasteiger partial charge in [0.1, 0.15) is 0 Å². The SMILES string of the molecule is C1CNC(C2CCN(C3CCCC3)CC2)C1. The molecule has 0 radical (unpaired) electrons. The van der Waals surface area contributed by atoms with E-state index in [0.29, 0.717) is 0 Å². The molecule has 2 heteroatoms. The van der Waals surface area contributed by atoms with Crippen LogP contribution in [-0.4, -0.2) is 36.6 Å². The molecule has 0 bridgehead atoms. The zero-order valence-electron chi connectivity index (χ0n) is 10.5. The van der Waals surface area contributed by atoms with Crippen molar-refractivity contribution in [3.05, 3.63) is 0 Å². The monoisotopic (exact) mass is 222 g/mol. The summed E-state index contributed by atoms with van der Waals surface area (Å²) in [6.45, 7) is 4.04. The van der Waals surface area contributed by atoms with E-state index < -0.39 is 0 Å². The number of hydrogen-bond acceptors (Lipinski definition) is 2. The molecular weight excluding hydrogens is 196 g/mol. The molecule has 3 aliphatic rings. The van der Waals surface area contributed by atoms with Crippen molar-refractivity contribution < 1.29 is 0 Å². The predicted octanol–water partition coefficient (Wildman–Crippen LogP) is 2.39. The molecule has 2 aliphatic heterocycles. The maximum atomic E-state index is 3.69. The second kappa shape index (κ2) is 5.05. The Labute approximate surface area is 99.8 Å². The minimum absolute atomic E-state index is 0.866. The average molecular weight is 222 g/mol. The Kier molecular flexibility index (Phi) is 3.49. The van der Waals surface area contributed by atoms with Gasteiger partial charge in [-0.1, -0.05) is 12.8 Å². The third-order valence-corrected chi connectivity index (χ3v) is 5.08. The number of piperidine rings is 1. The lowest BCUT2D eigenvalue weighted by Gasteiger charge is -2.38. The maximum Gasteiger partial charge on any atom is 0.00967 e. The molecule has 0 spiro atoms. The van der Waals surface area contributed by atoms with Crippen molar-refractivity contribution in [1.29, 1.82) is 0 Å². The van der Waals surface area contributed by atoms with Gasteiger partial charge in [-0.15, -0.1) is 0 Å². The van der Waals surface area contributed by atoms with Crippen LogP contribution in [0.5, 0.6) is 0 Å². The third kappa shape index (κ3) is 2.28. The molecule has 2 saturated heterocycles. The van der Waals surface area contributed by atoms with Gasteiger partial charge in [0.15, 0.2) is 0 Å². The van der Waals surface area contributed by atoms with Gasteiger partial charge in [0.05, 0.1) is 0 Å². The van der Waals surface area contributed by atoms with Crippen LogP contribution in [0.25, 0.3) is 0 Å². The van der Waals surface area contributed by atoms with E-state index in [2.05, 4.69) is 10.2 Å². The number of hydrogen-bond donors (Lipinski definition) is 1. The summed E-state index contributed by atoms with van der Waals surface area (Å²) >= 11 is 0. The molecule has 1 N–H and O–H groups in total. The van der Waals surface area contributed by atoms with Gasteiger partial charge in [-0.2, -0.15) is 0 Å². The van der Waals surface area contributed by atoms with Crippen LogP contribution >= 0.6 is 0 Å². The molecule has 0 aromatic carbocycles. The molecule has 1 saturated carbocycles. The van der Waals surface area contributed by atoms with E-state index in [0.717, 1.165) is 18.0 Å². The number of likely N-dealkylation sites (tertiary alicyclic amines) is 1. The van der Waals surface area contributed by atoms with Crippen molar-refractivity contribution in [2.45, 2.75) is 63.5 Å². The molecule has 2 heterocycles. The molecule has 1 aliphatic carbocycles. The van der Waals surface area contributed by atoms with Crippen LogP contribution in [0, 0.1) is 5.92 Å². The predicted molar refractivity (Wildman–Crippen MR) is 67.6 cm³/mol. The summed E-state index contributed by atoms with van der Waals surface area (Å²) in [5, 5.41) is 3.69. The van der Waals surface area contributed by atoms with Gasteiger partial charge in [-0.05, 0) is 64.1 Å². The second-order valence-corrected chi connectivity index (χ2v) is 6.01. The van der Waals surface area contributed by atoms with Crippen LogP contribution in [0.1, 0.15) is 51.4 Å². The molecule has 2 nitrogen and oxygen atoms in total. The molecule has 1 atom stereocenters. The Hall–Kier alpha value is -0.0800. The number of nitrogens with zero attached hydrogens (tertiary/aromatic N) is 1. The second-order valence-electron chi connectivity index (χ2n) is 6.01. The molecule has 92 valence electrons. The highest BCUT2D eigenvalue weighted by Gasteiger charge is 2.31. The zero-order valence-corrected chi connectivity index (χ0v) is 10.5. The number of rotatable bonds is 2. The Morgan fingerprint density at radius 2 is 1.56 bits per heavy atom. The first-order chi connectivity index (χ1) is 7.93. The largest absolute Gasteiger partial charge is 0.314 e. The zero-order chi connectivity index (χ0) is 10.8. The fourth-order valence-corrected chi connectivity index (χ4v) is 4.07. The van der Waals surface area contributed by atoms with E-state index in [9.17, 15) is 0 Å². The molecule has 3 fully saturated rings. The first-order valence-corrected chi connectivity index (χ1v) is 7.41. The molecule has 0 amide bonds. The van der Waals surface area contributed by atoms with E-state index in [-0.39, 0.29) is 0 Å². The van der Waals surface area contributed by atoms with E-state index in [1.807, 2.05) is 0 Å². The Bertz CT molecular complexity index is 185. The van der Waals surface area contributed by atoms with Gasteiger partial charge in [-0.3, -0.25) is 0 Å². The molecular formula is C14H26N2. The van der Waals surface area contributed by atoms with Crippen LogP contribution in [-0.2, 0) is 0 Å². The van der Waals surface area contributed by atoms with E-state index in [1.165, 1.54) is 71.0 Å². The van der Waals surface area contributed by atoms with E-state index in [4.69, 9.17) is 0 Å². The van der Waals surface area contributed by atoms with Gasteiger partial charge in [0, 0.05) is 12.1 Å². The molecule has 0 aromatic heterocycles. The smallest absolute Gasteiger partial charge is 0.00967 e. The van der Waals surface area contributed by atoms with E-state index >= 15 is 0 Å². The van der Waals surface area contributed by atoms with Gasteiger partial charge in [-0.25, -0.2) is 0 Å². The van der Waals surface area contributed by atoms with Crippen molar-refractivity contribution >= 4 is 0 Å². The van der Waals surface area contributed by atoms with Gasteiger partial charge in [0.2, 0.25) is 0 Å². The molecule has 1 unspecified atom stereocenters. The number of nitrogens with one attached hydrogen (secondary N) is 1. The maximum absolute atomic E-state index is 3.69. The fourth-order valence-electron chi connectivity index (χ4n) is 4.07. The Morgan fingerprint density at radius 1 is 0.812 bits per heavy atom. The lowest BCUT2D eigenvalue weighted by atomic mass is 9.88. The summed E-state index contributed by atoms with van der Waals surface area (Å²) in [5.41, 5.74) is 0. The molecule has 0 aromatic rings. The van der Waals surface area contributed by atoms with Crippen molar-refractivity contribution in [3.63, 3.8) is 0 Å². The highest BCUT2D eigenvalue weighted by Crippen LogP contribution is 2.30. The van der Waals surface area contributed by atoms with Crippen LogP contribution < -0.4 is 5.32 Å². The van der Waals surface area contributed by atoms with Crippen LogP contribution in [0.15, 0.2) is 0 Å². The van der Waals surface area contributed by atoms with Crippen molar-refractivity contribution in [3.8, 4) is 0 Å². The van der Waals surface area contributed by atoms with E-state index in [1.54, 1.807) is 0 Å². The van der Waals surface area contributed by atoms with Gasteiger partial charge in [0.25, 0.3) is 0 Å². The normalized spacial score (nSPS) is 34.9. The molecule has 3 rings (SSSR count). The summed E-state index contributed by atoms with van der Waals surface area (Å²) in [5.74, 6) is 0.986. The summed E-state index contributed by atoms with van der Waals surface area (Å²) in [6.07, 6.45) is 11.7. The fraction of sp³-hybridized carbons (Fsp3) is 1.00. The lowest BCUT2D eigenvalue weighted by molar-refractivity contribution is 0.121. The first-order valence-electron chi connectivity index (χ1n) is 7.41. The minimum atomic E-state index is 0.866. The summed E-state index contributed by atoms with van der Waals surface area (Å²) in [4.78, 5) is 2.79. The standard InChI is InChI=1S/C14H26N2/c1-2-5-13(4-1)16-10-7-12(8-11-16)14-6-3-9-15-14/h12-15H,1-11H2. The Balaban J connectivity index is 1.47. The minimum Gasteiger partial charge on any atom is -0.314 e. The highest BCUT2D eigenvalue weighted by molar-refractivity contribution is 4.88. The first kappa shape index (κ1) is 11.0. The average Bonchev–Trinajstić information content (AvgIpc) is 3.03. The highest BCUT2D eigenvalue weighted by atomic mass is 15.2. The lowest BCUT2D eigenvalue weighted by Crippen LogP contribution is -2.44. The van der Waals surface area contributed by atoms with Crippen molar-refractivity contribution in [2.75, 3.05) is 19.6 Å². The van der Waals surface area contributed by atoms with Gasteiger partial charge >= 0.3 is 0 Å². The summed E-state index contributed by atoms with van der Waals surface area (Å²) < 4.78 is 0. The van der Waals surface area contributed by atoms with Gasteiger partial charge < -0.3 is 10.2 Å². The topological polar surface area (TPSA) is 15.3 Å². The van der Waals surface area contributed by atoms with Crippen LogP contribution in [0.3, 0.4) is 0 Å². The van der Waals surface area contributed by atoms with Crippen molar-refractivity contribution in [2.24, 2.45) is 5.92 Å². The van der Waals surface area contributed by atoms with Crippen molar-refractivity contribution in [1.82, 2.24) is 10.2 Å². The quantitative estimate of drug-likeness (QED) is 0.772. The summed E-state index contributed by atoms with van der Waals surface area (Å²) in [6, 6.07) is 1.82. The third-order valence-electron chi connectivity index (χ3n) is 5.08. The summed E-state index contributed by atoms with van der Waals surface area (Å²) in [7, 11) is 0. The van der Waals surface area contributed by atoms with Crippen LogP contribution in [0.4, 0.5) is 0 Å². The van der Waals surface area contributed by atoms with Crippen LogP contribution in [0.2, 0.25) is 0 Å². The molecule has 16 heavy (non-hydrogen) atoms. The Morgan fingerprint density at radius 3 is 2.19 bits per heavy atom.